The van der Waals surface area contributed by atoms with Crippen LogP contribution in [0.5, 0.6) is 0 Å². The fourth-order valence-electron chi connectivity index (χ4n) is 3.22. The maximum absolute atomic E-state index is 11.7. The summed E-state index contributed by atoms with van der Waals surface area (Å²) in [6, 6.07) is 0. The number of hydrogen-bond acceptors (Lipinski definition) is 2. The summed E-state index contributed by atoms with van der Waals surface area (Å²) >= 11 is 0. The van der Waals surface area contributed by atoms with Crippen LogP contribution in [0, 0.1) is 29.1 Å². The Hall–Kier alpha value is -0.660. The Kier molecular flexibility index (Phi) is 1.67. The third kappa shape index (κ3) is 0.890. The normalized spacial score (nSPS) is 46.8. The number of Topliss-reactive ketones (excluding diaryl/α,β-unsaturated/α-hetero) is 1. The minimum atomic E-state index is -0.295. The van der Waals surface area contributed by atoms with E-state index < -0.39 is 0 Å². The molecule has 2 fully saturated rings. The Bertz CT molecular complexity index is 267. The highest BCUT2D eigenvalue weighted by Crippen LogP contribution is 2.59. The number of ketones is 1. The highest BCUT2D eigenvalue weighted by molar-refractivity contribution is 5.98. The van der Waals surface area contributed by atoms with E-state index in [0.717, 1.165) is 12.7 Å². The standard InChI is InChI=1S/C11H16O2/c1-6-7-4-9(11(6,2)3)8(5-12)10(7)13/h5-9H,4H2,1-3H3/t6?,7-,8?,9-/m0/s1. The number of carbonyl (C=O) groups excluding carboxylic acids is 2. The molecular formula is C11H16O2. The van der Waals surface area contributed by atoms with Gasteiger partial charge in [0.25, 0.3) is 0 Å². The highest BCUT2D eigenvalue weighted by atomic mass is 16.1. The lowest BCUT2D eigenvalue weighted by Gasteiger charge is -2.37. The maximum Gasteiger partial charge on any atom is 0.146 e. The Balaban J connectivity index is 2.37. The second kappa shape index (κ2) is 2.43. The largest absolute Gasteiger partial charge is 0.303 e. The number of hydrogen-bond donors (Lipinski definition) is 0. The molecule has 0 N–H and O–H groups in total. The van der Waals surface area contributed by atoms with Gasteiger partial charge in [-0.15, -0.1) is 0 Å². The molecule has 2 heteroatoms. The van der Waals surface area contributed by atoms with Crippen molar-refractivity contribution >= 4 is 12.1 Å². The molecule has 0 aromatic heterocycles. The lowest BCUT2D eigenvalue weighted by molar-refractivity contribution is -0.134. The van der Waals surface area contributed by atoms with Gasteiger partial charge in [-0.25, -0.2) is 0 Å². The Labute approximate surface area is 78.7 Å². The molecule has 0 aromatic rings. The van der Waals surface area contributed by atoms with Crippen LogP contribution in [-0.4, -0.2) is 12.1 Å². The average molecular weight is 180 g/mol. The zero-order valence-electron chi connectivity index (χ0n) is 8.41. The van der Waals surface area contributed by atoms with E-state index in [9.17, 15) is 9.59 Å². The topological polar surface area (TPSA) is 34.1 Å². The van der Waals surface area contributed by atoms with Crippen LogP contribution in [0.2, 0.25) is 0 Å². The predicted molar refractivity (Wildman–Crippen MR) is 49.1 cm³/mol. The van der Waals surface area contributed by atoms with Gasteiger partial charge >= 0.3 is 0 Å². The van der Waals surface area contributed by atoms with Crippen LogP contribution in [-0.2, 0) is 9.59 Å². The molecule has 0 spiro atoms. The van der Waals surface area contributed by atoms with Gasteiger partial charge in [-0.1, -0.05) is 20.8 Å². The minimum absolute atomic E-state index is 0.162. The summed E-state index contributed by atoms with van der Waals surface area (Å²) in [6.07, 6.45) is 1.80. The van der Waals surface area contributed by atoms with Gasteiger partial charge in [-0.3, -0.25) is 4.79 Å². The van der Waals surface area contributed by atoms with E-state index in [4.69, 9.17) is 0 Å². The van der Waals surface area contributed by atoms with Gasteiger partial charge in [0.1, 0.15) is 12.1 Å². The Morgan fingerprint density at radius 3 is 2.54 bits per heavy atom. The average Bonchev–Trinajstić information content (AvgIpc) is 2.50. The zero-order chi connectivity index (χ0) is 9.80. The first-order valence-electron chi connectivity index (χ1n) is 4.99. The molecule has 0 saturated heterocycles. The first kappa shape index (κ1) is 8.92. The van der Waals surface area contributed by atoms with Gasteiger partial charge in [0.15, 0.2) is 0 Å². The van der Waals surface area contributed by atoms with Crippen molar-refractivity contribution in [2.45, 2.75) is 27.2 Å². The third-order valence-corrected chi connectivity index (χ3v) is 4.51. The summed E-state index contributed by atoms with van der Waals surface area (Å²) in [5.41, 5.74) is 0.171. The highest BCUT2D eigenvalue weighted by Gasteiger charge is 2.59. The first-order chi connectivity index (χ1) is 6.00. The van der Waals surface area contributed by atoms with Gasteiger partial charge in [0.05, 0.1) is 5.92 Å². The van der Waals surface area contributed by atoms with Gasteiger partial charge in [-0.05, 0) is 23.7 Å². The summed E-state index contributed by atoms with van der Waals surface area (Å²) in [6.45, 7) is 6.51. The summed E-state index contributed by atoms with van der Waals surface area (Å²) < 4.78 is 0. The van der Waals surface area contributed by atoms with Crippen molar-refractivity contribution in [3.05, 3.63) is 0 Å². The third-order valence-electron chi connectivity index (χ3n) is 4.51. The maximum atomic E-state index is 11.7. The van der Waals surface area contributed by atoms with Gasteiger partial charge < -0.3 is 4.79 Å². The van der Waals surface area contributed by atoms with Crippen molar-refractivity contribution in [1.82, 2.24) is 0 Å². The van der Waals surface area contributed by atoms with Gasteiger partial charge in [0, 0.05) is 5.92 Å². The molecule has 2 unspecified atom stereocenters. The van der Waals surface area contributed by atoms with Crippen LogP contribution >= 0.6 is 0 Å². The molecule has 2 nitrogen and oxygen atoms in total. The molecule has 2 rings (SSSR count). The Morgan fingerprint density at radius 1 is 1.46 bits per heavy atom. The SMILES string of the molecule is CC1[C@@H]2C[C@@H](C(C=O)C2=O)C1(C)C. The summed E-state index contributed by atoms with van der Waals surface area (Å²) in [4.78, 5) is 22.4. The fraction of sp³-hybridized carbons (Fsp3) is 0.818. The second-order valence-electron chi connectivity index (χ2n) is 5.12. The molecule has 0 amide bonds. The molecule has 0 radical (unpaired) electrons. The van der Waals surface area contributed by atoms with E-state index >= 15 is 0 Å². The predicted octanol–water partition coefficient (Wildman–Crippen LogP) is 1.68. The second-order valence-corrected chi connectivity index (χ2v) is 5.12. The number of carbonyl (C=O) groups is 2. The van der Waals surface area contributed by atoms with Gasteiger partial charge in [0.2, 0.25) is 0 Å². The van der Waals surface area contributed by atoms with Crippen molar-refractivity contribution < 1.29 is 9.59 Å². The van der Waals surface area contributed by atoms with Crippen LogP contribution in [0.1, 0.15) is 27.2 Å². The monoisotopic (exact) mass is 180 g/mol. The Morgan fingerprint density at radius 2 is 2.08 bits per heavy atom. The fourth-order valence-corrected chi connectivity index (χ4v) is 3.22. The van der Waals surface area contributed by atoms with Crippen LogP contribution in [0.4, 0.5) is 0 Å². The van der Waals surface area contributed by atoms with Crippen LogP contribution in [0.3, 0.4) is 0 Å². The van der Waals surface area contributed by atoms with E-state index in [2.05, 4.69) is 20.8 Å². The first-order valence-corrected chi connectivity index (χ1v) is 4.99. The summed E-state index contributed by atoms with van der Waals surface area (Å²) in [7, 11) is 0. The van der Waals surface area contributed by atoms with E-state index in [-0.39, 0.29) is 23.0 Å². The summed E-state index contributed by atoms with van der Waals surface area (Å²) in [5, 5.41) is 0. The quantitative estimate of drug-likeness (QED) is 0.454. The van der Waals surface area contributed by atoms with Crippen molar-refractivity contribution in [3.8, 4) is 0 Å². The van der Waals surface area contributed by atoms with Crippen molar-refractivity contribution in [1.29, 1.82) is 0 Å². The van der Waals surface area contributed by atoms with E-state index in [1.54, 1.807) is 0 Å². The van der Waals surface area contributed by atoms with E-state index in [1.165, 1.54) is 0 Å². The molecule has 4 atom stereocenters. The number of rotatable bonds is 1. The van der Waals surface area contributed by atoms with E-state index in [0.29, 0.717) is 11.8 Å². The smallest absolute Gasteiger partial charge is 0.146 e. The van der Waals surface area contributed by atoms with Crippen LogP contribution in [0.15, 0.2) is 0 Å². The molecule has 0 aliphatic heterocycles. The molecule has 2 saturated carbocycles. The summed E-state index contributed by atoms with van der Waals surface area (Å²) in [5.74, 6) is 0.817. The minimum Gasteiger partial charge on any atom is -0.303 e. The lowest BCUT2D eigenvalue weighted by atomic mass is 9.65. The van der Waals surface area contributed by atoms with Crippen molar-refractivity contribution in [2.75, 3.05) is 0 Å². The number of aldehydes is 1. The van der Waals surface area contributed by atoms with Crippen LogP contribution in [0.25, 0.3) is 0 Å². The zero-order valence-corrected chi connectivity index (χ0v) is 8.41. The molecule has 0 aromatic carbocycles. The molecule has 2 aliphatic carbocycles. The van der Waals surface area contributed by atoms with Crippen molar-refractivity contribution in [3.63, 3.8) is 0 Å². The molecule has 13 heavy (non-hydrogen) atoms. The lowest BCUT2D eigenvalue weighted by Crippen LogP contribution is -2.40. The number of fused-ring (bicyclic) bond motifs is 2. The van der Waals surface area contributed by atoms with E-state index in [1.807, 2.05) is 0 Å². The molecule has 2 aliphatic rings. The molecular weight excluding hydrogens is 164 g/mol. The van der Waals surface area contributed by atoms with Crippen molar-refractivity contribution in [2.24, 2.45) is 29.1 Å². The molecule has 2 bridgehead atoms. The van der Waals surface area contributed by atoms with Gasteiger partial charge in [-0.2, -0.15) is 0 Å². The molecule has 72 valence electrons. The van der Waals surface area contributed by atoms with Crippen LogP contribution < -0.4 is 0 Å². The molecule has 0 heterocycles.